The van der Waals surface area contributed by atoms with E-state index in [9.17, 15) is 17.6 Å². The van der Waals surface area contributed by atoms with Crippen LogP contribution >= 0.6 is 0 Å². The van der Waals surface area contributed by atoms with Crippen molar-refractivity contribution >= 4 is 12.0 Å². The van der Waals surface area contributed by atoms with Crippen molar-refractivity contribution in [1.82, 2.24) is 19.9 Å². The van der Waals surface area contributed by atoms with E-state index in [4.69, 9.17) is 0 Å². The van der Waals surface area contributed by atoms with E-state index in [2.05, 4.69) is 32.2 Å². The molecule has 0 spiro atoms. The summed E-state index contributed by atoms with van der Waals surface area (Å²) in [6, 6.07) is 10.3. The second kappa shape index (κ2) is 10.2. The maximum atomic E-state index is 13.2. The first kappa shape index (κ1) is 23.4. The van der Waals surface area contributed by atoms with Crippen molar-refractivity contribution in [2.45, 2.75) is 6.92 Å². The largest absolute Gasteiger partial charge is 0.493 e. The fourth-order valence-electron chi connectivity index (χ4n) is 2.24. The van der Waals surface area contributed by atoms with Crippen LogP contribution in [0.25, 0.3) is 11.3 Å². The molecule has 0 amide bonds. The summed E-state index contributed by atoms with van der Waals surface area (Å²) >= 11 is 0. The van der Waals surface area contributed by atoms with Crippen LogP contribution in [0.15, 0.2) is 35.6 Å². The van der Waals surface area contributed by atoms with Crippen molar-refractivity contribution in [1.29, 1.82) is 0 Å². The quantitative estimate of drug-likeness (QED) is 0.258. The summed E-state index contributed by atoms with van der Waals surface area (Å²) in [4.78, 5) is 11.7. The van der Waals surface area contributed by atoms with Gasteiger partial charge in [0.25, 0.3) is 0 Å². The van der Waals surface area contributed by atoms with Crippen LogP contribution in [0.3, 0.4) is 0 Å². The summed E-state index contributed by atoms with van der Waals surface area (Å²) in [7, 11) is 1.73. The Morgan fingerprint density at radius 3 is 2.23 bits per heavy atom. The molecule has 0 radical (unpaired) electrons. The molecule has 0 saturated heterocycles. The third-order valence-electron chi connectivity index (χ3n) is 3.53. The third kappa shape index (κ3) is 5.82. The molecule has 0 N–H and O–H groups in total. The molecule has 0 fully saturated rings. The van der Waals surface area contributed by atoms with Gasteiger partial charge in [-0.05, 0) is 31.4 Å². The average Bonchev–Trinajstić information content (AvgIpc) is 3.08. The van der Waals surface area contributed by atoms with E-state index < -0.39 is 23.8 Å². The molecule has 1 aliphatic heterocycles. The van der Waals surface area contributed by atoms with Crippen molar-refractivity contribution in [3.05, 3.63) is 78.6 Å². The predicted octanol–water partition coefficient (Wildman–Crippen LogP) is 3.50. The molecule has 0 unspecified atom stereocenters. The van der Waals surface area contributed by atoms with Crippen LogP contribution < -0.4 is 5.01 Å². The number of nitrogens with zero attached hydrogens (tertiary/aromatic N) is 6. The second-order valence-corrected chi connectivity index (χ2v) is 5.83. The molecule has 0 aliphatic carbocycles. The Hall–Kier alpha value is -2.87. The molecular formula is C19H13F4N6Pt-3. The van der Waals surface area contributed by atoms with Crippen molar-refractivity contribution in [3.63, 3.8) is 0 Å². The monoisotopic (exact) mass is 596 g/mol. The first-order chi connectivity index (χ1) is 13.8. The summed E-state index contributed by atoms with van der Waals surface area (Å²) in [5.74, 6) is -3.62. The Kier molecular flexibility index (Phi) is 7.99. The van der Waals surface area contributed by atoms with Gasteiger partial charge in [-0.1, -0.05) is 23.3 Å². The molecule has 4 heterocycles. The zero-order valence-corrected chi connectivity index (χ0v) is 17.8. The van der Waals surface area contributed by atoms with Gasteiger partial charge in [0.1, 0.15) is 17.8 Å². The van der Waals surface area contributed by atoms with Gasteiger partial charge >= 0.3 is 0 Å². The van der Waals surface area contributed by atoms with Gasteiger partial charge in [-0.15, -0.1) is 18.8 Å². The SMILES string of the molecule is CN1C=NN(c2[c-]cc(F)nc2F)[CH-]1.Cc1ccnc(-c2[c-]cc(F)nc2F)c1.[Pt]. The van der Waals surface area contributed by atoms with Crippen LogP contribution in [-0.2, 0) is 21.1 Å². The number of aromatic nitrogens is 3. The first-order valence-electron chi connectivity index (χ1n) is 8.14. The number of hydrazone groups is 1. The topological polar surface area (TPSA) is 57.5 Å². The fraction of sp³-hybridized carbons (Fsp3) is 0.105. The zero-order valence-electron chi connectivity index (χ0n) is 15.6. The van der Waals surface area contributed by atoms with Gasteiger partial charge in [0.15, 0.2) is 0 Å². The number of aryl methyl sites for hydroxylation is 1. The van der Waals surface area contributed by atoms with Crippen LogP contribution in [0.4, 0.5) is 23.2 Å². The summed E-state index contributed by atoms with van der Waals surface area (Å²) in [6.07, 6.45) is 3.04. The van der Waals surface area contributed by atoms with Crippen molar-refractivity contribution in [2.24, 2.45) is 5.10 Å². The molecule has 0 aromatic carbocycles. The molecule has 4 rings (SSSR count). The molecule has 0 saturated carbocycles. The number of halogens is 4. The Balaban J connectivity index is 0.000000207. The minimum atomic E-state index is -0.936. The van der Waals surface area contributed by atoms with Crippen molar-refractivity contribution in [3.8, 4) is 11.3 Å². The van der Waals surface area contributed by atoms with E-state index in [1.54, 1.807) is 30.3 Å². The van der Waals surface area contributed by atoms with E-state index >= 15 is 0 Å². The standard InChI is InChI=1S/C11H7F2N2.C8H6F2N4.Pt/c1-7-4-5-14-9(6-7)8-2-3-10(12)15-11(8)13;1-13-4-11-14(5-13)6-2-3-7(9)12-8(6)10;/h3-6H,1H3;3-5H,1H3;/q-1;-2;. The van der Waals surface area contributed by atoms with Crippen LogP contribution in [-0.4, -0.2) is 33.2 Å². The molecule has 11 heteroatoms. The normalized spacial score (nSPS) is 12.3. The van der Waals surface area contributed by atoms with E-state index in [-0.39, 0.29) is 32.3 Å². The molecule has 0 atom stereocenters. The van der Waals surface area contributed by atoms with Gasteiger partial charge in [0.2, 0.25) is 0 Å². The van der Waals surface area contributed by atoms with Gasteiger partial charge in [-0.25, -0.2) is 8.78 Å². The van der Waals surface area contributed by atoms with E-state index in [0.717, 1.165) is 17.7 Å². The van der Waals surface area contributed by atoms with Crippen LogP contribution in [0.1, 0.15) is 5.56 Å². The van der Waals surface area contributed by atoms with Gasteiger partial charge in [0.05, 0.1) is 12.3 Å². The maximum Gasteiger partial charge on any atom is 0.128 e. The Bertz CT molecular complexity index is 1050. The third-order valence-corrected chi connectivity index (χ3v) is 3.53. The smallest absolute Gasteiger partial charge is 0.128 e. The summed E-state index contributed by atoms with van der Waals surface area (Å²) in [5.41, 5.74) is 1.42. The summed E-state index contributed by atoms with van der Waals surface area (Å²) < 4.78 is 51.3. The van der Waals surface area contributed by atoms with Crippen molar-refractivity contribution in [2.75, 3.05) is 12.1 Å². The molecule has 6 nitrogen and oxygen atoms in total. The minimum Gasteiger partial charge on any atom is -0.493 e. The number of anilines is 1. The van der Waals surface area contributed by atoms with E-state index in [1.165, 1.54) is 18.0 Å². The number of rotatable bonds is 2. The Morgan fingerprint density at radius 1 is 1.00 bits per heavy atom. The van der Waals surface area contributed by atoms with Crippen LogP contribution in [0, 0.1) is 49.5 Å². The summed E-state index contributed by atoms with van der Waals surface area (Å²) in [6.45, 7) is 3.38. The van der Waals surface area contributed by atoms with Gasteiger partial charge in [-0.3, -0.25) is 13.8 Å². The number of hydrogen-bond donors (Lipinski definition) is 0. The molecule has 160 valence electrons. The van der Waals surface area contributed by atoms with E-state index in [0.29, 0.717) is 5.69 Å². The first-order valence-corrected chi connectivity index (χ1v) is 8.14. The van der Waals surface area contributed by atoms with Crippen LogP contribution in [0.5, 0.6) is 0 Å². The van der Waals surface area contributed by atoms with Crippen molar-refractivity contribution < 1.29 is 38.6 Å². The van der Waals surface area contributed by atoms with Gasteiger partial charge in [0, 0.05) is 27.3 Å². The predicted molar refractivity (Wildman–Crippen MR) is 97.0 cm³/mol. The molecular weight excluding hydrogens is 583 g/mol. The van der Waals surface area contributed by atoms with E-state index in [1.807, 2.05) is 6.92 Å². The molecule has 0 bridgehead atoms. The molecule has 3 aromatic heterocycles. The molecule has 30 heavy (non-hydrogen) atoms. The summed E-state index contributed by atoms with van der Waals surface area (Å²) in [5, 5.41) is 5.05. The van der Waals surface area contributed by atoms with Crippen LogP contribution in [0.2, 0.25) is 0 Å². The maximum absolute atomic E-state index is 13.2. The molecule has 1 aliphatic rings. The van der Waals surface area contributed by atoms with Gasteiger partial charge < -0.3 is 19.9 Å². The average molecular weight is 596 g/mol. The minimum absolute atomic E-state index is 0. The molecule has 3 aromatic rings. The Labute approximate surface area is 184 Å². The van der Waals surface area contributed by atoms with Gasteiger partial charge in [-0.2, -0.15) is 11.2 Å². The zero-order chi connectivity index (χ0) is 21.0. The Morgan fingerprint density at radius 2 is 1.67 bits per heavy atom. The number of hydrogen-bond acceptors (Lipinski definition) is 6. The fourth-order valence-corrected chi connectivity index (χ4v) is 2.24. The second-order valence-electron chi connectivity index (χ2n) is 5.83. The number of pyridine rings is 3.